The SMILES string of the molecule is CCCC(C(=O)NCC1CN(CC)CCO1)C(N)=S. The van der Waals surface area contributed by atoms with Crippen molar-refractivity contribution in [2.75, 3.05) is 32.8 Å². The average Bonchev–Trinajstić information content (AvgIpc) is 2.42. The van der Waals surface area contributed by atoms with Gasteiger partial charge in [-0.2, -0.15) is 0 Å². The van der Waals surface area contributed by atoms with Gasteiger partial charge in [0, 0.05) is 19.6 Å². The first-order valence-electron chi connectivity index (χ1n) is 6.99. The molecule has 2 atom stereocenters. The summed E-state index contributed by atoms with van der Waals surface area (Å²) in [6, 6.07) is 0. The maximum atomic E-state index is 12.0. The predicted molar refractivity (Wildman–Crippen MR) is 80.0 cm³/mol. The number of ether oxygens (including phenoxy) is 1. The Morgan fingerprint density at radius 2 is 2.32 bits per heavy atom. The third kappa shape index (κ3) is 5.42. The van der Waals surface area contributed by atoms with E-state index in [0.29, 0.717) is 13.0 Å². The molecule has 0 aromatic rings. The number of rotatable bonds is 7. The van der Waals surface area contributed by atoms with Crippen LogP contribution in [0.25, 0.3) is 0 Å². The fourth-order valence-electron chi connectivity index (χ4n) is 2.22. The summed E-state index contributed by atoms with van der Waals surface area (Å²) in [6.07, 6.45) is 1.65. The first kappa shape index (κ1) is 16.3. The van der Waals surface area contributed by atoms with Crippen molar-refractivity contribution in [1.82, 2.24) is 10.2 Å². The van der Waals surface area contributed by atoms with Crippen LogP contribution in [0.4, 0.5) is 0 Å². The van der Waals surface area contributed by atoms with Gasteiger partial charge >= 0.3 is 0 Å². The molecule has 1 amide bonds. The highest BCUT2D eigenvalue weighted by Crippen LogP contribution is 2.08. The summed E-state index contributed by atoms with van der Waals surface area (Å²) in [4.78, 5) is 14.6. The van der Waals surface area contributed by atoms with E-state index >= 15 is 0 Å². The zero-order chi connectivity index (χ0) is 14.3. The maximum absolute atomic E-state index is 12.0. The Labute approximate surface area is 120 Å². The van der Waals surface area contributed by atoms with E-state index in [2.05, 4.69) is 17.1 Å². The van der Waals surface area contributed by atoms with E-state index < -0.39 is 0 Å². The number of hydrogen-bond acceptors (Lipinski definition) is 4. The molecule has 19 heavy (non-hydrogen) atoms. The van der Waals surface area contributed by atoms with Gasteiger partial charge in [-0.1, -0.05) is 32.5 Å². The minimum atomic E-state index is -0.356. The molecule has 1 aliphatic rings. The quantitative estimate of drug-likeness (QED) is 0.669. The number of amides is 1. The number of carbonyl (C=O) groups excluding carboxylic acids is 1. The van der Waals surface area contributed by atoms with Crippen LogP contribution in [0.15, 0.2) is 0 Å². The lowest BCUT2D eigenvalue weighted by molar-refractivity contribution is -0.124. The second-order valence-corrected chi connectivity index (χ2v) is 5.35. The van der Waals surface area contributed by atoms with Crippen LogP contribution in [0.1, 0.15) is 26.7 Å². The highest BCUT2D eigenvalue weighted by molar-refractivity contribution is 7.80. The molecule has 0 aromatic heterocycles. The van der Waals surface area contributed by atoms with Crippen LogP contribution in [0.5, 0.6) is 0 Å². The van der Waals surface area contributed by atoms with E-state index in [1.165, 1.54) is 0 Å². The van der Waals surface area contributed by atoms with Crippen molar-refractivity contribution in [3.05, 3.63) is 0 Å². The lowest BCUT2D eigenvalue weighted by Crippen LogP contribution is -2.49. The Kier molecular flexibility index (Phi) is 7.27. The van der Waals surface area contributed by atoms with Crippen molar-refractivity contribution >= 4 is 23.1 Å². The summed E-state index contributed by atoms with van der Waals surface area (Å²) >= 11 is 4.94. The van der Waals surface area contributed by atoms with Gasteiger partial charge in [0.15, 0.2) is 0 Å². The molecule has 1 heterocycles. The maximum Gasteiger partial charge on any atom is 0.230 e. The molecule has 1 fully saturated rings. The molecule has 0 aromatic carbocycles. The Morgan fingerprint density at radius 3 is 2.89 bits per heavy atom. The summed E-state index contributed by atoms with van der Waals surface area (Å²) in [5.41, 5.74) is 5.61. The summed E-state index contributed by atoms with van der Waals surface area (Å²) in [7, 11) is 0. The van der Waals surface area contributed by atoms with Crippen molar-refractivity contribution in [2.45, 2.75) is 32.8 Å². The normalized spacial score (nSPS) is 21.9. The van der Waals surface area contributed by atoms with E-state index in [0.717, 1.165) is 32.7 Å². The predicted octanol–water partition coefficient (Wildman–Crippen LogP) is 0.526. The van der Waals surface area contributed by atoms with Crippen LogP contribution in [0, 0.1) is 5.92 Å². The van der Waals surface area contributed by atoms with E-state index in [1.807, 2.05) is 6.92 Å². The standard InChI is InChI=1S/C13H25N3O2S/c1-3-5-11(12(14)19)13(17)15-8-10-9-16(4-2)6-7-18-10/h10-11H,3-9H2,1-2H3,(H2,14,19)(H,15,17). The molecular formula is C13H25N3O2S. The van der Waals surface area contributed by atoms with Gasteiger partial charge in [-0.3, -0.25) is 9.69 Å². The highest BCUT2D eigenvalue weighted by Gasteiger charge is 2.23. The monoisotopic (exact) mass is 287 g/mol. The number of morpholine rings is 1. The molecule has 3 N–H and O–H groups in total. The molecule has 0 aliphatic carbocycles. The Balaban J connectivity index is 2.37. The van der Waals surface area contributed by atoms with Crippen molar-refractivity contribution < 1.29 is 9.53 Å². The fraction of sp³-hybridized carbons (Fsp3) is 0.846. The lowest BCUT2D eigenvalue weighted by Gasteiger charge is -2.32. The second kappa shape index (κ2) is 8.45. The summed E-state index contributed by atoms with van der Waals surface area (Å²) < 4.78 is 5.64. The van der Waals surface area contributed by atoms with E-state index in [9.17, 15) is 4.79 Å². The summed E-state index contributed by atoms with van der Waals surface area (Å²) in [6.45, 7) is 8.24. The number of likely N-dealkylation sites (N-methyl/N-ethyl adjacent to an activating group) is 1. The third-order valence-corrected chi connectivity index (χ3v) is 3.70. The molecule has 1 rings (SSSR count). The van der Waals surface area contributed by atoms with Gasteiger partial charge in [0.25, 0.3) is 0 Å². The largest absolute Gasteiger partial charge is 0.393 e. The molecule has 0 spiro atoms. The average molecular weight is 287 g/mol. The molecule has 6 heteroatoms. The minimum Gasteiger partial charge on any atom is -0.393 e. The van der Waals surface area contributed by atoms with Gasteiger partial charge in [0.05, 0.1) is 23.6 Å². The topological polar surface area (TPSA) is 67.6 Å². The molecule has 0 radical (unpaired) electrons. The Bertz CT molecular complexity index is 312. The second-order valence-electron chi connectivity index (χ2n) is 4.87. The van der Waals surface area contributed by atoms with Crippen LogP contribution < -0.4 is 11.1 Å². The van der Waals surface area contributed by atoms with Crippen LogP contribution in [0.3, 0.4) is 0 Å². The molecular weight excluding hydrogens is 262 g/mol. The number of nitrogens with one attached hydrogen (secondary N) is 1. The Morgan fingerprint density at radius 1 is 1.58 bits per heavy atom. The zero-order valence-electron chi connectivity index (χ0n) is 11.9. The van der Waals surface area contributed by atoms with Gasteiger partial charge < -0.3 is 15.8 Å². The summed E-state index contributed by atoms with van der Waals surface area (Å²) in [5, 5.41) is 2.91. The van der Waals surface area contributed by atoms with Crippen molar-refractivity contribution in [3.63, 3.8) is 0 Å². The van der Waals surface area contributed by atoms with Gasteiger partial charge in [-0.15, -0.1) is 0 Å². The number of nitrogens with zero attached hydrogens (tertiary/aromatic N) is 1. The smallest absolute Gasteiger partial charge is 0.230 e. The zero-order valence-corrected chi connectivity index (χ0v) is 12.7. The van der Waals surface area contributed by atoms with Crippen LogP contribution in [0.2, 0.25) is 0 Å². The van der Waals surface area contributed by atoms with Crippen molar-refractivity contribution in [3.8, 4) is 0 Å². The van der Waals surface area contributed by atoms with Crippen molar-refractivity contribution in [1.29, 1.82) is 0 Å². The highest BCUT2D eigenvalue weighted by atomic mass is 32.1. The molecule has 1 saturated heterocycles. The first-order valence-corrected chi connectivity index (χ1v) is 7.40. The number of nitrogens with two attached hydrogens (primary N) is 1. The Hall–Kier alpha value is -0.720. The van der Waals surface area contributed by atoms with Crippen LogP contribution >= 0.6 is 12.2 Å². The first-order chi connectivity index (χ1) is 9.08. The molecule has 1 aliphatic heterocycles. The van der Waals surface area contributed by atoms with Gasteiger partial charge in [-0.25, -0.2) is 0 Å². The van der Waals surface area contributed by atoms with Crippen molar-refractivity contribution in [2.24, 2.45) is 11.7 Å². The molecule has 110 valence electrons. The van der Waals surface area contributed by atoms with Crippen LogP contribution in [-0.4, -0.2) is 54.7 Å². The molecule has 2 unspecified atom stereocenters. The van der Waals surface area contributed by atoms with E-state index in [1.54, 1.807) is 0 Å². The van der Waals surface area contributed by atoms with Gasteiger partial charge in [0.1, 0.15) is 0 Å². The molecule has 0 bridgehead atoms. The number of carbonyl (C=O) groups is 1. The fourth-order valence-corrected chi connectivity index (χ4v) is 2.44. The van der Waals surface area contributed by atoms with E-state index in [4.69, 9.17) is 22.7 Å². The summed E-state index contributed by atoms with van der Waals surface area (Å²) in [5.74, 6) is -0.433. The van der Waals surface area contributed by atoms with E-state index in [-0.39, 0.29) is 22.9 Å². The molecule has 5 nitrogen and oxygen atoms in total. The van der Waals surface area contributed by atoms with Gasteiger partial charge in [0.2, 0.25) is 5.91 Å². The third-order valence-electron chi connectivity index (χ3n) is 3.41. The van der Waals surface area contributed by atoms with Crippen LogP contribution in [-0.2, 0) is 9.53 Å². The number of hydrogen-bond donors (Lipinski definition) is 2. The minimum absolute atomic E-state index is 0.0614. The molecule has 0 saturated carbocycles. The lowest BCUT2D eigenvalue weighted by atomic mass is 10.0. The van der Waals surface area contributed by atoms with Gasteiger partial charge in [-0.05, 0) is 13.0 Å². The number of thiocarbonyl (C=S) groups is 1.